The zero-order valence-corrected chi connectivity index (χ0v) is 24.6. The molecule has 2 rings (SSSR count). The van der Waals surface area contributed by atoms with E-state index in [4.69, 9.17) is 8.06 Å². The van der Waals surface area contributed by atoms with Crippen molar-refractivity contribution in [3.63, 3.8) is 0 Å². The van der Waals surface area contributed by atoms with Crippen molar-refractivity contribution in [2.45, 2.75) is 64.3 Å². The fourth-order valence-corrected chi connectivity index (χ4v) is 15.3. The van der Waals surface area contributed by atoms with Crippen LogP contribution < -0.4 is 8.06 Å². The van der Waals surface area contributed by atoms with E-state index in [1.807, 2.05) is 0 Å². The molecule has 0 N–H and O–H groups in total. The first kappa shape index (κ1) is 27.8. The second-order valence-corrected chi connectivity index (χ2v) is 32.7. The summed E-state index contributed by atoms with van der Waals surface area (Å²) in [6.45, 7) is 15.9. The van der Waals surface area contributed by atoms with E-state index < -0.39 is 14.9 Å². The summed E-state index contributed by atoms with van der Waals surface area (Å²) in [5.41, 5.74) is 5.77. The van der Waals surface area contributed by atoms with Gasteiger partial charge in [0.05, 0.1) is 0 Å². The van der Waals surface area contributed by atoms with Gasteiger partial charge in [0, 0.05) is 0 Å². The monoisotopic (exact) mass is 481 g/mol. The van der Waals surface area contributed by atoms with Crippen LogP contribution in [0.15, 0.2) is 38.8 Å². The Balaban J connectivity index is 0.00000364. The molecule has 0 radical (unpaired) electrons. The van der Waals surface area contributed by atoms with E-state index in [-0.39, 0.29) is 30.2 Å². The second-order valence-electron chi connectivity index (χ2n) is 10.3. The van der Waals surface area contributed by atoms with Gasteiger partial charge in [-0.15, -0.1) is 24.8 Å². The second kappa shape index (κ2) is 8.90. The van der Waals surface area contributed by atoms with Gasteiger partial charge in [-0.1, -0.05) is 0 Å². The summed E-state index contributed by atoms with van der Waals surface area (Å²) in [5, 5.41) is 4.89. The average Bonchev–Trinajstić information content (AvgIpc) is 2.69. The molecule has 1 aliphatic carbocycles. The number of hydrogen-bond acceptors (Lipinski definition) is 2. The van der Waals surface area contributed by atoms with Crippen molar-refractivity contribution in [3.05, 3.63) is 44.4 Å². The molecular formula is C22H39Cl2O2SiTi. The quantitative estimate of drug-likeness (QED) is 0.459. The Hall–Kier alpha value is -0.189. The topological polar surface area (TPSA) is 18.5 Å². The normalized spacial score (nSPS) is 18.9. The fourth-order valence-electron chi connectivity index (χ4n) is 4.39. The van der Waals surface area contributed by atoms with Crippen molar-refractivity contribution in [1.82, 2.24) is 0 Å². The maximum absolute atomic E-state index is 6.98. The van der Waals surface area contributed by atoms with Gasteiger partial charge < -0.3 is 0 Å². The molecule has 1 aromatic rings. The standard InChI is InChI=1S/C11H16O2.C9H13.2CH3.2ClH.H3Si.Ti/c1-11(2,3)8-5-9(12)7-10(6-8)13-4;1-6-5-7(2)9(4)8(6)3;;;;;;/h5-7,12H,1-4H3;6H,1-4H3;2*1H3;2*1H;1H3;/q;;;;;;;+1/p-1. The van der Waals surface area contributed by atoms with Crippen LogP contribution in [0.2, 0.25) is 10.5 Å². The molecule has 0 spiro atoms. The van der Waals surface area contributed by atoms with Crippen LogP contribution in [-0.2, 0) is 20.4 Å². The summed E-state index contributed by atoms with van der Waals surface area (Å²) in [5.74, 6) is 2.36. The fraction of sp³-hybridized carbons (Fsp3) is 0.545. The molecule has 0 bridgehead atoms. The third kappa shape index (κ3) is 5.49. The van der Waals surface area contributed by atoms with Gasteiger partial charge in [0.1, 0.15) is 0 Å². The Bertz CT molecular complexity index is 799. The van der Waals surface area contributed by atoms with Gasteiger partial charge in [-0.3, -0.25) is 0 Å². The molecule has 0 aromatic heterocycles. The molecule has 0 amide bonds. The molecule has 2 nitrogen and oxygen atoms in total. The van der Waals surface area contributed by atoms with E-state index in [9.17, 15) is 0 Å². The number of benzene rings is 1. The Morgan fingerprint density at radius 2 is 1.43 bits per heavy atom. The van der Waals surface area contributed by atoms with Gasteiger partial charge in [-0.05, 0) is 0 Å². The SMILES string of the molecule is COc1cc([O][Ti]([CH3])([CH3])([SiH3])[C]2=C(C)C(C)=C(C)C2C)cc(C(C)(C)C)c1.Cl.Cl. The third-order valence-electron chi connectivity index (χ3n) is 6.02. The molecule has 1 unspecified atom stereocenters. The first-order chi connectivity index (χ1) is 11.7. The zero-order valence-electron chi connectivity index (χ0n) is 19.4. The summed E-state index contributed by atoms with van der Waals surface area (Å²) in [4.78, 5) is 0. The van der Waals surface area contributed by atoms with Gasteiger partial charge >= 0.3 is 164 Å². The zero-order chi connectivity index (χ0) is 20.1. The number of rotatable bonds is 4. The predicted molar refractivity (Wildman–Crippen MR) is 129 cm³/mol. The van der Waals surface area contributed by atoms with Crippen LogP contribution in [0.5, 0.6) is 11.5 Å². The average molecular weight is 482 g/mol. The largest absolute Gasteiger partial charge is 0.147 e. The number of hydrogen-bond donors (Lipinski definition) is 0. The maximum atomic E-state index is 6.98. The Morgan fingerprint density at radius 1 is 0.929 bits per heavy atom. The molecule has 0 heterocycles. The van der Waals surface area contributed by atoms with Crippen molar-refractivity contribution in [2.24, 2.45) is 5.92 Å². The number of methoxy groups -OCH3 is 1. The number of ether oxygens (including phenoxy) is 1. The minimum absolute atomic E-state index is 0. The molecule has 0 aliphatic heterocycles. The number of halogens is 2. The summed E-state index contributed by atoms with van der Waals surface area (Å²) in [6.07, 6.45) is 0. The van der Waals surface area contributed by atoms with Gasteiger partial charge in [0.15, 0.2) is 0 Å². The third-order valence-corrected chi connectivity index (χ3v) is 14.7. The summed E-state index contributed by atoms with van der Waals surface area (Å²) in [7, 11) is 2.81. The Morgan fingerprint density at radius 3 is 1.82 bits per heavy atom. The molecule has 1 atom stereocenters. The Labute approximate surface area is 188 Å². The van der Waals surface area contributed by atoms with E-state index in [2.05, 4.69) is 77.1 Å². The smallest absolute Gasteiger partial charge is 0.147 e. The van der Waals surface area contributed by atoms with E-state index in [1.54, 1.807) is 11.0 Å². The Kier molecular flexibility index (Phi) is 8.84. The van der Waals surface area contributed by atoms with Crippen molar-refractivity contribution >= 4 is 32.9 Å². The van der Waals surface area contributed by atoms with Crippen LogP contribution in [0.3, 0.4) is 0 Å². The van der Waals surface area contributed by atoms with Crippen molar-refractivity contribution in [2.75, 3.05) is 7.11 Å². The van der Waals surface area contributed by atoms with E-state index >= 15 is 0 Å². The van der Waals surface area contributed by atoms with Crippen LogP contribution in [-0.4, -0.2) is 15.2 Å². The van der Waals surface area contributed by atoms with Gasteiger partial charge in [-0.2, -0.15) is 0 Å². The van der Waals surface area contributed by atoms with Crippen LogP contribution in [0.1, 0.15) is 54.0 Å². The molecule has 1 aliphatic rings. The van der Waals surface area contributed by atoms with Gasteiger partial charge in [-0.25, -0.2) is 0 Å². The number of allylic oxidation sites excluding steroid dienone is 4. The first-order valence-electron chi connectivity index (χ1n) is 9.66. The molecule has 0 saturated carbocycles. The van der Waals surface area contributed by atoms with E-state index in [0.717, 1.165) is 19.6 Å². The molecular weight excluding hydrogens is 443 g/mol. The minimum atomic E-state index is -3.21. The van der Waals surface area contributed by atoms with Crippen molar-refractivity contribution in [3.8, 4) is 11.5 Å². The van der Waals surface area contributed by atoms with Crippen molar-refractivity contribution in [1.29, 1.82) is 0 Å². The van der Waals surface area contributed by atoms with Gasteiger partial charge in [0.25, 0.3) is 0 Å². The molecule has 0 saturated heterocycles. The van der Waals surface area contributed by atoms with Gasteiger partial charge in [0.2, 0.25) is 0 Å². The molecule has 6 heteroatoms. The van der Waals surface area contributed by atoms with E-state index in [1.165, 1.54) is 22.3 Å². The molecule has 28 heavy (non-hydrogen) atoms. The van der Waals surface area contributed by atoms with Crippen LogP contribution >= 0.6 is 24.8 Å². The van der Waals surface area contributed by atoms with Crippen LogP contribution in [0.25, 0.3) is 0 Å². The summed E-state index contributed by atoms with van der Waals surface area (Å²) in [6, 6.07) is 6.41. The van der Waals surface area contributed by atoms with Crippen molar-refractivity contribution < 1.29 is 23.0 Å². The summed E-state index contributed by atoms with van der Waals surface area (Å²) < 4.78 is 14.2. The minimum Gasteiger partial charge on any atom is -0.147 e. The molecule has 0 fully saturated rings. The molecule has 1 aromatic carbocycles. The summed E-state index contributed by atoms with van der Waals surface area (Å²) >= 11 is -3.21. The van der Waals surface area contributed by atoms with Crippen LogP contribution in [0.4, 0.5) is 0 Å². The van der Waals surface area contributed by atoms with E-state index in [0.29, 0.717) is 5.92 Å². The first-order valence-corrected chi connectivity index (χ1v) is 19.9. The predicted octanol–water partition coefficient (Wildman–Crippen LogP) is 6.46. The maximum Gasteiger partial charge on any atom is -0.147 e. The molecule has 161 valence electrons. The van der Waals surface area contributed by atoms with Crippen LogP contribution in [0, 0.1) is 5.92 Å².